The van der Waals surface area contributed by atoms with Gasteiger partial charge in [0.1, 0.15) is 4.47 Å². The van der Waals surface area contributed by atoms with Crippen LogP contribution >= 0.6 is 15.9 Å². The van der Waals surface area contributed by atoms with Gasteiger partial charge >= 0.3 is 0 Å². The highest BCUT2D eigenvalue weighted by molar-refractivity contribution is 9.10. The molecule has 0 atom stereocenters. The predicted molar refractivity (Wildman–Crippen MR) is 76.0 cm³/mol. The first-order chi connectivity index (χ1) is 8.72. The number of rotatable bonds is 4. The summed E-state index contributed by atoms with van der Waals surface area (Å²) in [5.74, 6) is 0.673. The Balaban J connectivity index is 2.01. The zero-order valence-electron chi connectivity index (χ0n) is 10.6. The van der Waals surface area contributed by atoms with Crippen LogP contribution in [0.4, 0.5) is 5.69 Å². The largest absolute Gasteiger partial charge is 0.382 e. The van der Waals surface area contributed by atoms with Gasteiger partial charge < -0.3 is 10.6 Å². The monoisotopic (exact) mass is 314 g/mol. The van der Waals surface area contributed by atoms with Gasteiger partial charge in [0.25, 0.3) is 5.56 Å². The van der Waals surface area contributed by atoms with Gasteiger partial charge in [0.05, 0.1) is 11.9 Å². The molecular formula is C12H19BrN4O. The van der Waals surface area contributed by atoms with Gasteiger partial charge in [0.15, 0.2) is 0 Å². The summed E-state index contributed by atoms with van der Waals surface area (Å²) in [4.78, 5) is 11.9. The highest BCUT2D eigenvalue weighted by atomic mass is 79.9. The number of anilines is 1. The fourth-order valence-corrected chi connectivity index (χ4v) is 2.60. The Bertz CT molecular complexity index is 454. The number of nitrogens with one attached hydrogen (secondary N) is 2. The van der Waals surface area contributed by atoms with Crippen LogP contribution in [-0.2, 0) is 6.54 Å². The average Bonchev–Trinajstić information content (AvgIpc) is 2.42. The van der Waals surface area contributed by atoms with Crippen LogP contribution in [0.3, 0.4) is 0 Å². The number of hydrogen-bond donors (Lipinski definition) is 2. The number of hydrogen-bond acceptors (Lipinski definition) is 4. The third-order valence-electron chi connectivity index (χ3n) is 3.32. The van der Waals surface area contributed by atoms with Crippen molar-refractivity contribution in [3.63, 3.8) is 0 Å². The Morgan fingerprint density at radius 3 is 2.94 bits per heavy atom. The normalized spacial score (nSPS) is 16.8. The minimum atomic E-state index is -0.0761. The molecule has 1 saturated heterocycles. The van der Waals surface area contributed by atoms with Crippen molar-refractivity contribution in [1.29, 1.82) is 0 Å². The minimum Gasteiger partial charge on any atom is -0.382 e. The molecule has 0 aromatic carbocycles. The van der Waals surface area contributed by atoms with Gasteiger partial charge in [-0.1, -0.05) is 0 Å². The van der Waals surface area contributed by atoms with Crippen LogP contribution < -0.4 is 16.2 Å². The van der Waals surface area contributed by atoms with Crippen LogP contribution in [0.15, 0.2) is 15.5 Å². The molecule has 1 aliphatic heterocycles. The van der Waals surface area contributed by atoms with E-state index >= 15 is 0 Å². The van der Waals surface area contributed by atoms with Crippen molar-refractivity contribution in [3.05, 3.63) is 21.0 Å². The maximum Gasteiger partial charge on any atom is 0.283 e. The van der Waals surface area contributed by atoms with E-state index in [1.807, 2.05) is 6.92 Å². The molecule has 1 aromatic rings. The Kier molecular flexibility index (Phi) is 4.77. The lowest BCUT2D eigenvalue weighted by molar-refractivity contribution is 0.389. The van der Waals surface area contributed by atoms with Gasteiger partial charge in [-0.25, -0.2) is 4.68 Å². The molecule has 0 bridgehead atoms. The molecule has 0 spiro atoms. The van der Waals surface area contributed by atoms with Crippen molar-refractivity contribution in [2.45, 2.75) is 26.3 Å². The Morgan fingerprint density at radius 2 is 2.28 bits per heavy atom. The molecule has 0 radical (unpaired) electrons. The van der Waals surface area contributed by atoms with Crippen molar-refractivity contribution in [1.82, 2.24) is 15.1 Å². The topological polar surface area (TPSA) is 59.0 Å². The molecule has 2 heterocycles. The summed E-state index contributed by atoms with van der Waals surface area (Å²) in [6, 6.07) is 0. The summed E-state index contributed by atoms with van der Waals surface area (Å²) < 4.78 is 2.02. The van der Waals surface area contributed by atoms with E-state index in [1.54, 1.807) is 6.20 Å². The van der Waals surface area contributed by atoms with Gasteiger partial charge in [-0.2, -0.15) is 5.10 Å². The molecule has 1 aromatic heterocycles. The van der Waals surface area contributed by atoms with E-state index in [-0.39, 0.29) is 5.56 Å². The van der Waals surface area contributed by atoms with E-state index in [4.69, 9.17) is 0 Å². The van der Waals surface area contributed by atoms with Gasteiger partial charge in [0, 0.05) is 13.1 Å². The fraction of sp³-hybridized carbons (Fsp3) is 0.667. The van der Waals surface area contributed by atoms with E-state index in [2.05, 4.69) is 31.7 Å². The molecule has 0 unspecified atom stereocenters. The summed E-state index contributed by atoms with van der Waals surface area (Å²) >= 11 is 3.35. The summed E-state index contributed by atoms with van der Waals surface area (Å²) in [7, 11) is 0. The van der Waals surface area contributed by atoms with Crippen molar-refractivity contribution >= 4 is 21.6 Å². The molecule has 0 saturated carbocycles. The summed E-state index contributed by atoms with van der Waals surface area (Å²) in [5.41, 5.74) is 0.719. The molecule has 6 heteroatoms. The first-order valence-electron chi connectivity index (χ1n) is 6.42. The van der Waals surface area contributed by atoms with Crippen molar-refractivity contribution in [2.75, 3.05) is 25.0 Å². The van der Waals surface area contributed by atoms with Crippen molar-refractivity contribution in [3.8, 4) is 0 Å². The van der Waals surface area contributed by atoms with Gasteiger partial charge in [-0.05, 0) is 54.7 Å². The molecule has 1 aliphatic rings. The van der Waals surface area contributed by atoms with Gasteiger partial charge in [0.2, 0.25) is 0 Å². The molecule has 0 amide bonds. The summed E-state index contributed by atoms with van der Waals surface area (Å²) in [6.45, 7) is 5.57. The molecular weight excluding hydrogens is 296 g/mol. The number of aryl methyl sites for hydroxylation is 1. The Morgan fingerprint density at radius 1 is 1.56 bits per heavy atom. The SMILES string of the molecule is CCn1ncc(NCC2CCNCC2)c(Br)c1=O. The molecule has 2 rings (SSSR count). The van der Waals surface area contributed by atoms with Crippen LogP contribution in [0.2, 0.25) is 0 Å². The zero-order valence-corrected chi connectivity index (χ0v) is 12.2. The van der Waals surface area contributed by atoms with Crippen LogP contribution in [0.1, 0.15) is 19.8 Å². The standard InChI is InChI=1S/C12H19BrN4O/c1-2-17-12(18)11(13)10(8-16-17)15-7-9-3-5-14-6-4-9/h8-9,14-15H,2-7H2,1H3. The molecule has 2 N–H and O–H groups in total. The lowest BCUT2D eigenvalue weighted by Gasteiger charge is -2.23. The molecule has 100 valence electrons. The maximum atomic E-state index is 11.9. The van der Waals surface area contributed by atoms with Crippen molar-refractivity contribution in [2.24, 2.45) is 5.92 Å². The third kappa shape index (κ3) is 3.11. The minimum absolute atomic E-state index is 0.0761. The predicted octanol–water partition coefficient (Wildman–Crippen LogP) is 1.44. The van der Waals surface area contributed by atoms with Gasteiger partial charge in [-0.15, -0.1) is 0 Å². The van der Waals surface area contributed by atoms with Crippen LogP contribution in [-0.4, -0.2) is 29.4 Å². The molecule has 1 fully saturated rings. The summed E-state index contributed by atoms with van der Waals surface area (Å²) in [5, 5.41) is 10.8. The Labute approximate surface area is 115 Å². The first kappa shape index (κ1) is 13.5. The Hall–Kier alpha value is -0.880. The number of piperidine rings is 1. The maximum absolute atomic E-state index is 11.9. The van der Waals surface area contributed by atoms with Crippen LogP contribution in [0.5, 0.6) is 0 Å². The fourth-order valence-electron chi connectivity index (χ4n) is 2.15. The lowest BCUT2D eigenvalue weighted by Crippen LogP contribution is -2.31. The quantitative estimate of drug-likeness (QED) is 0.883. The van der Waals surface area contributed by atoms with Crippen LogP contribution in [0.25, 0.3) is 0 Å². The van der Waals surface area contributed by atoms with E-state index < -0.39 is 0 Å². The molecule has 5 nitrogen and oxygen atoms in total. The second kappa shape index (κ2) is 6.33. The zero-order chi connectivity index (χ0) is 13.0. The highest BCUT2D eigenvalue weighted by Crippen LogP contribution is 2.18. The number of halogens is 1. The second-order valence-electron chi connectivity index (χ2n) is 4.57. The summed E-state index contributed by atoms with van der Waals surface area (Å²) in [6.07, 6.45) is 4.09. The molecule has 18 heavy (non-hydrogen) atoms. The highest BCUT2D eigenvalue weighted by Gasteiger charge is 2.14. The van der Waals surface area contributed by atoms with Crippen LogP contribution in [0, 0.1) is 5.92 Å². The lowest BCUT2D eigenvalue weighted by atomic mass is 9.98. The number of nitrogens with zero attached hydrogens (tertiary/aromatic N) is 2. The van der Waals surface area contributed by atoms with E-state index in [0.717, 1.165) is 25.3 Å². The van der Waals surface area contributed by atoms with Gasteiger partial charge in [-0.3, -0.25) is 4.79 Å². The van der Waals surface area contributed by atoms with Crippen molar-refractivity contribution < 1.29 is 0 Å². The molecule has 0 aliphatic carbocycles. The number of aromatic nitrogens is 2. The van der Waals surface area contributed by atoms with E-state index in [0.29, 0.717) is 16.9 Å². The average molecular weight is 315 g/mol. The van der Waals surface area contributed by atoms with E-state index in [9.17, 15) is 4.79 Å². The third-order valence-corrected chi connectivity index (χ3v) is 4.09. The van der Waals surface area contributed by atoms with E-state index in [1.165, 1.54) is 17.5 Å². The second-order valence-corrected chi connectivity index (χ2v) is 5.36. The first-order valence-corrected chi connectivity index (χ1v) is 7.22. The smallest absolute Gasteiger partial charge is 0.283 e.